The molecule has 0 aromatic carbocycles. The van der Waals surface area contributed by atoms with Crippen molar-refractivity contribution in [1.29, 1.82) is 0 Å². The molecule has 0 unspecified atom stereocenters. The molecule has 0 radical (unpaired) electrons. The number of thiazole rings is 1. The first-order valence-corrected chi connectivity index (χ1v) is 8.00. The summed E-state index contributed by atoms with van der Waals surface area (Å²) in [4.78, 5) is 30.7. The molecule has 122 valence electrons. The number of urea groups is 1. The predicted molar refractivity (Wildman–Crippen MR) is 83.5 cm³/mol. The summed E-state index contributed by atoms with van der Waals surface area (Å²) in [6, 6.07) is -0.243. The van der Waals surface area contributed by atoms with Gasteiger partial charge in [0.15, 0.2) is 5.13 Å². The van der Waals surface area contributed by atoms with E-state index in [9.17, 15) is 14.7 Å². The van der Waals surface area contributed by atoms with E-state index in [0.29, 0.717) is 31.2 Å². The van der Waals surface area contributed by atoms with Gasteiger partial charge in [-0.1, -0.05) is 0 Å². The third-order valence-corrected chi connectivity index (χ3v) is 4.18. The summed E-state index contributed by atoms with van der Waals surface area (Å²) >= 11 is 1.37. The molecule has 3 amide bonds. The van der Waals surface area contributed by atoms with Crippen molar-refractivity contribution < 1.29 is 14.7 Å². The number of aliphatic hydroxyl groups excluding tert-OH is 1. The Hall–Kier alpha value is -1.87. The van der Waals surface area contributed by atoms with E-state index in [4.69, 9.17) is 5.73 Å². The Kier molecular flexibility index (Phi) is 5.56. The van der Waals surface area contributed by atoms with Crippen molar-refractivity contribution in [3.05, 3.63) is 11.1 Å². The van der Waals surface area contributed by atoms with E-state index in [-0.39, 0.29) is 25.0 Å². The zero-order chi connectivity index (χ0) is 16.1. The van der Waals surface area contributed by atoms with E-state index in [1.807, 2.05) is 5.38 Å². The molecule has 1 fully saturated rings. The minimum Gasteiger partial charge on any atom is -0.389 e. The van der Waals surface area contributed by atoms with Crippen molar-refractivity contribution in [3.63, 3.8) is 0 Å². The Balaban J connectivity index is 1.80. The van der Waals surface area contributed by atoms with Gasteiger partial charge in [0.2, 0.25) is 5.91 Å². The first-order valence-electron chi connectivity index (χ1n) is 7.12. The fourth-order valence-corrected chi connectivity index (χ4v) is 2.91. The van der Waals surface area contributed by atoms with Crippen LogP contribution in [0.25, 0.3) is 0 Å². The molecule has 0 spiro atoms. The van der Waals surface area contributed by atoms with Gasteiger partial charge in [0.25, 0.3) is 0 Å². The van der Waals surface area contributed by atoms with E-state index in [0.717, 1.165) is 5.69 Å². The van der Waals surface area contributed by atoms with Crippen LogP contribution in [0.5, 0.6) is 0 Å². The maximum Gasteiger partial charge on any atom is 0.317 e. The third-order valence-electron chi connectivity index (χ3n) is 3.46. The van der Waals surface area contributed by atoms with Gasteiger partial charge in [-0.25, -0.2) is 9.78 Å². The van der Waals surface area contributed by atoms with Crippen LogP contribution in [0.15, 0.2) is 5.38 Å². The summed E-state index contributed by atoms with van der Waals surface area (Å²) in [5, 5.41) is 15.1. The smallest absolute Gasteiger partial charge is 0.317 e. The number of rotatable bonds is 3. The largest absolute Gasteiger partial charge is 0.389 e. The van der Waals surface area contributed by atoms with Gasteiger partial charge in [0.1, 0.15) is 0 Å². The maximum absolute atomic E-state index is 12.1. The van der Waals surface area contributed by atoms with E-state index in [1.165, 1.54) is 23.2 Å². The van der Waals surface area contributed by atoms with Crippen molar-refractivity contribution in [3.8, 4) is 0 Å². The van der Waals surface area contributed by atoms with Crippen LogP contribution in [0.3, 0.4) is 0 Å². The number of aromatic nitrogens is 1. The topological polar surface area (TPSA) is 112 Å². The predicted octanol–water partition coefficient (Wildman–Crippen LogP) is -0.498. The Morgan fingerprint density at radius 3 is 2.77 bits per heavy atom. The lowest BCUT2D eigenvalue weighted by Gasteiger charge is -2.21. The molecule has 0 bridgehead atoms. The fraction of sp³-hybridized carbons (Fsp3) is 0.615. The van der Waals surface area contributed by atoms with E-state index >= 15 is 0 Å². The summed E-state index contributed by atoms with van der Waals surface area (Å²) in [7, 11) is 0. The number of carbonyl (C=O) groups is 2. The second-order valence-corrected chi connectivity index (χ2v) is 6.11. The molecule has 0 aliphatic carbocycles. The highest BCUT2D eigenvalue weighted by Crippen LogP contribution is 2.11. The van der Waals surface area contributed by atoms with Gasteiger partial charge in [-0.2, -0.15) is 0 Å². The highest BCUT2D eigenvalue weighted by Gasteiger charge is 2.25. The second-order valence-electron chi connectivity index (χ2n) is 5.22. The minimum absolute atomic E-state index is 0.0950. The number of nitrogen functional groups attached to an aromatic ring is 1. The highest BCUT2D eigenvalue weighted by atomic mass is 32.1. The average molecular weight is 327 g/mol. The molecule has 1 saturated heterocycles. The summed E-state index contributed by atoms with van der Waals surface area (Å²) < 4.78 is 0. The number of β-amino-alcohol motifs (C(OH)–C–C–N with tert-alkyl or cyclic N) is 1. The average Bonchev–Trinajstić information content (AvgIpc) is 2.75. The number of hydrogen-bond acceptors (Lipinski definition) is 6. The van der Waals surface area contributed by atoms with E-state index in [2.05, 4.69) is 10.3 Å². The molecule has 2 heterocycles. The molecule has 1 aromatic heterocycles. The van der Waals surface area contributed by atoms with E-state index in [1.54, 1.807) is 4.90 Å². The zero-order valence-corrected chi connectivity index (χ0v) is 13.3. The zero-order valence-electron chi connectivity index (χ0n) is 12.5. The van der Waals surface area contributed by atoms with Crippen LogP contribution >= 0.6 is 11.3 Å². The van der Waals surface area contributed by atoms with Gasteiger partial charge in [0.05, 0.1) is 18.3 Å². The van der Waals surface area contributed by atoms with Crippen molar-refractivity contribution in [2.75, 3.05) is 38.5 Å². The first kappa shape index (κ1) is 16.5. The van der Waals surface area contributed by atoms with Gasteiger partial charge < -0.3 is 26.0 Å². The lowest BCUT2D eigenvalue weighted by molar-refractivity contribution is -0.129. The molecule has 22 heavy (non-hydrogen) atoms. The third kappa shape index (κ3) is 4.57. The van der Waals surface area contributed by atoms with Crippen LogP contribution in [0.1, 0.15) is 12.6 Å². The molecule has 1 atom stereocenters. The standard InChI is InChI=1S/C13H21N5O3S/c1-9(19)17-4-5-18(7-11(20)6-17)13(21)15-3-2-10-8-22-12(14)16-10/h8,11,20H,2-7H2,1H3,(H2,14,16)(H,15,21)/t11-/m1/s1. The van der Waals surface area contributed by atoms with Gasteiger partial charge in [-0.3, -0.25) is 4.79 Å². The molecule has 9 heteroatoms. The molecule has 8 nitrogen and oxygen atoms in total. The maximum atomic E-state index is 12.1. The molecular formula is C13H21N5O3S. The van der Waals surface area contributed by atoms with Crippen LogP contribution in [-0.4, -0.2) is 70.7 Å². The first-order chi connectivity index (χ1) is 10.5. The summed E-state index contributed by atoms with van der Waals surface area (Å²) in [6.07, 6.45) is -0.120. The fourth-order valence-electron chi connectivity index (χ4n) is 2.31. The van der Waals surface area contributed by atoms with Gasteiger partial charge in [0, 0.05) is 44.9 Å². The summed E-state index contributed by atoms with van der Waals surface area (Å²) in [6.45, 7) is 3.23. The lowest BCUT2D eigenvalue weighted by Crippen LogP contribution is -2.44. The number of aliphatic hydroxyl groups is 1. The highest BCUT2D eigenvalue weighted by molar-refractivity contribution is 7.13. The van der Waals surface area contributed by atoms with Crippen molar-refractivity contribution >= 4 is 28.4 Å². The normalized spacial score (nSPS) is 18.9. The molecule has 0 saturated carbocycles. The van der Waals surface area contributed by atoms with Crippen LogP contribution in [0.4, 0.5) is 9.93 Å². The van der Waals surface area contributed by atoms with Crippen LogP contribution in [0, 0.1) is 0 Å². The quantitative estimate of drug-likeness (QED) is 0.693. The molecule has 1 aliphatic heterocycles. The number of amides is 3. The molecule has 1 aromatic rings. The van der Waals surface area contributed by atoms with E-state index < -0.39 is 6.10 Å². The SMILES string of the molecule is CC(=O)N1CCN(C(=O)NCCc2csc(N)n2)C[C@H](O)C1. The monoisotopic (exact) mass is 327 g/mol. The van der Waals surface area contributed by atoms with Crippen LogP contribution in [0.2, 0.25) is 0 Å². The Bertz CT molecular complexity index is 536. The number of nitrogens with two attached hydrogens (primary N) is 1. The number of hydrogen-bond donors (Lipinski definition) is 3. The van der Waals surface area contributed by atoms with Crippen LogP contribution < -0.4 is 11.1 Å². The van der Waals surface area contributed by atoms with Crippen molar-refractivity contribution in [2.24, 2.45) is 0 Å². The number of nitrogens with zero attached hydrogens (tertiary/aromatic N) is 3. The van der Waals surface area contributed by atoms with Gasteiger partial charge in [-0.05, 0) is 0 Å². The van der Waals surface area contributed by atoms with Crippen molar-refractivity contribution in [2.45, 2.75) is 19.4 Å². The molecule has 2 rings (SSSR count). The Morgan fingerprint density at radius 2 is 2.14 bits per heavy atom. The second kappa shape index (κ2) is 7.41. The lowest BCUT2D eigenvalue weighted by atomic mass is 10.3. The number of nitrogens with one attached hydrogen (secondary N) is 1. The molecule has 4 N–H and O–H groups in total. The Labute approximate surface area is 132 Å². The molecule has 1 aliphatic rings. The van der Waals surface area contributed by atoms with Crippen molar-refractivity contribution in [1.82, 2.24) is 20.1 Å². The van der Waals surface area contributed by atoms with Gasteiger partial charge >= 0.3 is 6.03 Å². The number of carbonyl (C=O) groups excluding carboxylic acids is 2. The van der Waals surface area contributed by atoms with Crippen LogP contribution in [-0.2, 0) is 11.2 Å². The Morgan fingerprint density at radius 1 is 1.45 bits per heavy atom. The van der Waals surface area contributed by atoms with Gasteiger partial charge in [-0.15, -0.1) is 11.3 Å². The summed E-state index contributed by atoms with van der Waals surface area (Å²) in [5.41, 5.74) is 6.40. The minimum atomic E-state index is -0.726. The summed E-state index contributed by atoms with van der Waals surface area (Å²) in [5.74, 6) is -0.0950. The molecular weight excluding hydrogens is 306 g/mol. The number of anilines is 1.